The number of sulfonamides is 1. The molecule has 2 N–H and O–H groups in total. The van der Waals surface area contributed by atoms with Crippen molar-refractivity contribution in [3.63, 3.8) is 0 Å². The van der Waals surface area contributed by atoms with Crippen LogP contribution in [0.2, 0.25) is 0 Å². The fourth-order valence-corrected chi connectivity index (χ4v) is 4.54. The lowest BCUT2D eigenvalue weighted by molar-refractivity contribution is -0.140. The van der Waals surface area contributed by atoms with Crippen molar-refractivity contribution < 1.29 is 32.2 Å². The van der Waals surface area contributed by atoms with Crippen LogP contribution >= 0.6 is 0 Å². The minimum absolute atomic E-state index is 0.0171. The van der Waals surface area contributed by atoms with Gasteiger partial charge in [-0.1, -0.05) is 0 Å². The van der Waals surface area contributed by atoms with Crippen molar-refractivity contribution in [2.45, 2.75) is 36.4 Å². The Kier molecular flexibility index (Phi) is 6.60. The van der Waals surface area contributed by atoms with Gasteiger partial charge in [0.15, 0.2) is 11.5 Å². The number of amides is 2. The maximum Gasteiger partial charge on any atom is 0.309 e. The minimum Gasteiger partial charge on any atom is -0.493 e. The molecular formula is C18H25N3O7S. The minimum atomic E-state index is -3.92. The Morgan fingerprint density at radius 1 is 1.17 bits per heavy atom. The lowest BCUT2D eigenvalue weighted by Gasteiger charge is -2.34. The Bertz CT molecular complexity index is 870. The molecular weight excluding hydrogens is 402 g/mol. The molecule has 0 spiro atoms. The van der Waals surface area contributed by atoms with E-state index in [9.17, 15) is 18.0 Å². The number of nitrogens with one attached hydrogen (secondary N) is 2. The van der Waals surface area contributed by atoms with E-state index in [0.29, 0.717) is 18.8 Å². The molecule has 0 radical (unpaired) electrons. The second-order valence-corrected chi connectivity index (χ2v) is 8.66. The number of rotatable bonds is 7. The molecule has 0 aromatic heterocycles. The van der Waals surface area contributed by atoms with Crippen molar-refractivity contribution in [1.82, 2.24) is 14.9 Å². The Morgan fingerprint density at radius 3 is 2.55 bits per heavy atom. The highest BCUT2D eigenvalue weighted by Gasteiger charge is 2.35. The third-order valence-electron chi connectivity index (χ3n) is 4.67. The highest BCUT2D eigenvalue weighted by Crippen LogP contribution is 2.31. The average Bonchev–Trinajstić information content (AvgIpc) is 3.55. The predicted molar refractivity (Wildman–Crippen MR) is 102 cm³/mol. The van der Waals surface area contributed by atoms with Crippen LogP contribution in [0.25, 0.3) is 0 Å². The summed E-state index contributed by atoms with van der Waals surface area (Å²) in [5.74, 6) is -0.841. The van der Waals surface area contributed by atoms with Crippen LogP contribution in [-0.4, -0.2) is 70.7 Å². The average molecular weight is 427 g/mol. The summed E-state index contributed by atoms with van der Waals surface area (Å²) in [6.07, 6.45) is 1.32. The molecule has 160 valence electrons. The van der Waals surface area contributed by atoms with Crippen molar-refractivity contribution in [2.24, 2.45) is 0 Å². The molecule has 0 bridgehead atoms. The molecule has 3 rings (SSSR count). The Morgan fingerprint density at radius 2 is 1.90 bits per heavy atom. The highest BCUT2D eigenvalue weighted by molar-refractivity contribution is 7.89. The van der Waals surface area contributed by atoms with Crippen molar-refractivity contribution in [3.05, 3.63) is 18.2 Å². The van der Waals surface area contributed by atoms with Gasteiger partial charge in [-0.05, 0) is 31.4 Å². The highest BCUT2D eigenvalue weighted by atomic mass is 32.2. The molecule has 1 heterocycles. The number of hydrogen-bond donors (Lipinski definition) is 2. The largest absolute Gasteiger partial charge is 0.493 e. The molecule has 1 aliphatic carbocycles. The molecule has 1 saturated carbocycles. The van der Waals surface area contributed by atoms with E-state index < -0.39 is 28.1 Å². The number of ether oxygens (including phenoxy) is 3. The van der Waals surface area contributed by atoms with Crippen molar-refractivity contribution in [1.29, 1.82) is 0 Å². The van der Waals surface area contributed by atoms with Crippen LogP contribution in [0, 0.1) is 0 Å². The van der Waals surface area contributed by atoms with Crippen LogP contribution in [0.15, 0.2) is 23.1 Å². The van der Waals surface area contributed by atoms with Crippen molar-refractivity contribution in [3.8, 4) is 11.5 Å². The molecule has 1 saturated heterocycles. The number of nitrogens with zero attached hydrogens (tertiary/aromatic N) is 1. The first kappa shape index (κ1) is 21.3. The first-order valence-corrected chi connectivity index (χ1v) is 10.7. The summed E-state index contributed by atoms with van der Waals surface area (Å²) >= 11 is 0. The van der Waals surface area contributed by atoms with Crippen LogP contribution in [-0.2, 0) is 24.3 Å². The summed E-state index contributed by atoms with van der Waals surface area (Å²) in [5, 5.41) is 5.04. The number of methoxy groups -OCH3 is 2. The van der Waals surface area contributed by atoms with Gasteiger partial charge in [-0.3, -0.25) is 9.59 Å². The van der Waals surface area contributed by atoms with Crippen molar-refractivity contribution in [2.75, 3.05) is 33.9 Å². The molecule has 1 unspecified atom stereocenters. The Labute approximate surface area is 169 Å². The lowest BCUT2D eigenvalue weighted by atomic mass is 10.3. The van der Waals surface area contributed by atoms with Crippen LogP contribution in [0.1, 0.15) is 19.3 Å². The summed E-state index contributed by atoms with van der Waals surface area (Å²) in [5.41, 5.74) is 0. The van der Waals surface area contributed by atoms with E-state index in [1.54, 1.807) is 0 Å². The first-order chi connectivity index (χ1) is 13.9. The van der Waals surface area contributed by atoms with Gasteiger partial charge in [-0.25, -0.2) is 8.42 Å². The summed E-state index contributed by atoms with van der Waals surface area (Å²) in [4.78, 5) is 23.7. The van der Waals surface area contributed by atoms with Crippen LogP contribution in [0.5, 0.6) is 11.5 Å². The second-order valence-electron chi connectivity index (χ2n) is 6.77. The normalized spacial score (nSPS) is 20.0. The van der Waals surface area contributed by atoms with Crippen molar-refractivity contribution >= 4 is 21.8 Å². The smallest absolute Gasteiger partial charge is 0.309 e. The zero-order valence-corrected chi connectivity index (χ0v) is 17.2. The van der Waals surface area contributed by atoms with Crippen LogP contribution in [0.3, 0.4) is 0 Å². The topological polar surface area (TPSA) is 123 Å². The summed E-state index contributed by atoms with van der Waals surface area (Å²) < 4.78 is 43.4. The predicted octanol–water partition coefficient (Wildman–Crippen LogP) is -0.164. The van der Waals surface area contributed by atoms with E-state index in [1.165, 1.54) is 36.7 Å². The lowest BCUT2D eigenvalue weighted by Crippen LogP contribution is -2.53. The third kappa shape index (κ3) is 4.98. The molecule has 10 nitrogen and oxygen atoms in total. The van der Waals surface area contributed by atoms with Crippen LogP contribution < -0.4 is 20.1 Å². The van der Waals surface area contributed by atoms with E-state index in [4.69, 9.17) is 14.2 Å². The number of benzene rings is 1. The summed E-state index contributed by atoms with van der Waals surface area (Å²) in [6.45, 7) is 0.446. The van der Waals surface area contributed by atoms with Gasteiger partial charge in [-0.15, -0.1) is 0 Å². The van der Waals surface area contributed by atoms with Gasteiger partial charge >= 0.3 is 11.8 Å². The van der Waals surface area contributed by atoms with Gasteiger partial charge in [0.25, 0.3) is 0 Å². The van der Waals surface area contributed by atoms with E-state index >= 15 is 0 Å². The monoisotopic (exact) mass is 427 g/mol. The van der Waals surface area contributed by atoms with Gasteiger partial charge in [-0.2, -0.15) is 4.31 Å². The molecule has 1 aromatic carbocycles. The molecule has 2 amide bonds. The SMILES string of the molecule is COc1ccc(S(=O)(=O)N2CCCOC2CNC(=O)C(=O)NC2CC2)cc1OC. The Balaban J connectivity index is 1.72. The van der Waals surface area contributed by atoms with E-state index in [1.807, 2.05) is 0 Å². The van der Waals surface area contributed by atoms with Gasteiger partial charge in [0.05, 0.1) is 32.3 Å². The molecule has 29 heavy (non-hydrogen) atoms. The number of hydrogen-bond acceptors (Lipinski definition) is 7. The van der Waals surface area contributed by atoms with Gasteiger partial charge in [0, 0.05) is 18.7 Å². The maximum absolute atomic E-state index is 13.2. The zero-order chi connectivity index (χ0) is 21.0. The maximum atomic E-state index is 13.2. The van der Waals surface area contributed by atoms with Gasteiger partial charge < -0.3 is 24.8 Å². The molecule has 11 heteroatoms. The Hall–Kier alpha value is -2.37. The van der Waals surface area contributed by atoms with E-state index in [2.05, 4.69) is 10.6 Å². The van der Waals surface area contributed by atoms with E-state index in [0.717, 1.165) is 12.8 Å². The number of carbonyl (C=O) groups is 2. The standard InChI is InChI=1S/C18H25N3O7S/c1-26-14-7-6-13(10-15(14)27-2)29(24,25)21-8-3-9-28-16(21)11-19-17(22)18(23)20-12-4-5-12/h6-7,10,12,16H,3-5,8-9,11H2,1-2H3,(H,19,22)(H,20,23). The second kappa shape index (κ2) is 8.97. The van der Waals surface area contributed by atoms with Crippen LogP contribution in [0.4, 0.5) is 0 Å². The van der Waals surface area contributed by atoms with Gasteiger partial charge in [0.2, 0.25) is 10.0 Å². The molecule has 2 aliphatic rings. The fourth-order valence-electron chi connectivity index (χ4n) is 2.95. The molecule has 2 fully saturated rings. The van der Waals surface area contributed by atoms with Gasteiger partial charge in [0.1, 0.15) is 6.23 Å². The zero-order valence-electron chi connectivity index (χ0n) is 16.3. The fraction of sp³-hybridized carbons (Fsp3) is 0.556. The summed E-state index contributed by atoms with van der Waals surface area (Å²) in [6, 6.07) is 4.36. The summed E-state index contributed by atoms with van der Waals surface area (Å²) in [7, 11) is -1.04. The molecule has 1 aliphatic heterocycles. The number of carbonyl (C=O) groups excluding carboxylic acids is 2. The quantitative estimate of drug-likeness (QED) is 0.580. The van der Waals surface area contributed by atoms with E-state index in [-0.39, 0.29) is 29.8 Å². The molecule has 1 aromatic rings. The molecule has 1 atom stereocenters. The first-order valence-electron chi connectivity index (χ1n) is 9.31. The third-order valence-corrected chi connectivity index (χ3v) is 6.56.